The highest BCUT2D eigenvalue weighted by atomic mass is 32.2. The van der Waals surface area contributed by atoms with Gasteiger partial charge in [0.1, 0.15) is 0 Å². The van der Waals surface area contributed by atoms with Gasteiger partial charge < -0.3 is 5.32 Å². The minimum Gasteiger partial charge on any atom is -0.338 e. The molecule has 6 heteroatoms. The number of thioether (sulfide) groups is 1. The number of carbonyl (C=O) groups is 1. The third kappa shape index (κ3) is 2.32. The van der Waals surface area contributed by atoms with Gasteiger partial charge in [0.15, 0.2) is 5.13 Å². The monoisotopic (exact) mass is 257 g/mol. The Morgan fingerprint density at radius 3 is 3.12 bits per heavy atom. The molecule has 2 amide bonds. The van der Waals surface area contributed by atoms with Crippen molar-refractivity contribution < 1.29 is 4.79 Å². The Morgan fingerprint density at radius 1 is 1.62 bits per heavy atom. The van der Waals surface area contributed by atoms with Gasteiger partial charge in [0.05, 0.1) is 9.90 Å². The van der Waals surface area contributed by atoms with Crippen molar-refractivity contribution in [2.24, 2.45) is 0 Å². The standard InChI is InChI=1S/C10H15N3OS2/c1-3-15-8-7(2)12-10(16-8)13-6-4-5-11-9(13)14/h3-6H2,1-2H3,(H,11,14). The first kappa shape index (κ1) is 11.7. The predicted octanol–water partition coefficient (Wildman–Crippen LogP) is 2.48. The number of rotatable bonds is 3. The van der Waals surface area contributed by atoms with Gasteiger partial charge in [-0.2, -0.15) is 0 Å². The predicted molar refractivity (Wildman–Crippen MR) is 68.6 cm³/mol. The summed E-state index contributed by atoms with van der Waals surface area (Å²) in [6.07, 6.45) is 0.987. The molecule has 0 radical (unpaired) electrons. The summed E-state index contributed by atoms with van der Waals surface area (Å²) in [5.74, 6) is 1.04. The van der Waals surface area contributed by atoms with Crippen molar-refractivity contribution in [1.29, 1.82) is 0 Å². The van der Waals surface area contributed by atoms with Crippen LogP contribution in [0.15, 0.2) is 4.21 Å². The van der Waals surface area contributed by atoms with Crippen molar-refractivity contribution in [3.8, 4) is 0 Å². The van der Waals surface area contributed by atoms with Crippen LogP contribution in [0.4, 0.5) is 9.93 Å². The van der Waals surface area contributed by atoms with E-state index in [2.05, 4.69) is 17.2 Å². The smallest absolute Gasteiger partial charge is 0.323 e. The molecule has 1 aliphatic heterocycles. The highest BCUT2D eigenvalue weighted by Crippen LogP contribution is 2.34. The minimum absolute atomic E-state index is 0.0203. The molecule has 4 nitrogen and oxygen atoms in total. The zero-order chi connectivity index (χ0) is 11.5. The maximum Gasteiger partial charge on any atom is 0.323 e. The Labute approximate surface area is 103 Å². The van der Waals surface area contributed by atoms with E-state index in [-0.39, 0.29) is 6.03 Å². The fraction of sp³-hybridized carbons (Fsp3) is 0.600. The van der Waals surface area contributed by atoms with Crippen molar-refractivity contribution in [2.45, 2.75) is 24.5 Å². The van der Waals surface area contributed by atoms with Crippen molar-refractivity contribution >= 4 is 34.3 Å². The van der Waals surface area contributed by atoms with Crippen LogP contribution in [-0.2, 0) is 0 Å². The fourth-order valence-electron chi connectivity index (χ4n) is 1.56. The first-order valence-corrected chi connectivity index (χ1v) is 7.18. The molecule has 2 rings (SSSR count). The van der Waals surface area contributed by atoms with Gasteiger partial charge in [0.2, 0.25) is 0 Å². The third-order valence-corrected chi connectivity index (χ3v) is 4.75. The lowest BCUT2D eigenvalue weighted by Gasteiger charge is -2.24. The summed E-state index contributed by atoms with van der Waals surface area (Å²) in [6.45, 7) is 5.67. The van der Waals surface area contributed by atoms with Crippen molar-refractivity contribution in [3.05, 3.63) is 5.69 Å². The summed E-state index contributed by atoms with van der Waals surface area (Å²) < 4.78 is 1.22. The molecule has 1 N–H and O–H groups in total. The number of carbonyl (C=O) groups excluding carboxylic acids is 1. The summed E-state index contributed by atoms with van der Waals surface area (Å²) in [7, 11) is 0. The van der Waals surface area contributed by atoms with E-state index in [0.29, 0.717) is 0 Å². The van der Waals surface area contributed by atoms with Crippen LogP contribution >= 0.6 is 23.1 Å². The second-order valence-corrected chi connectivity index (χ2v) is 6.05. The minimum atomic E-state index is -0.0203. The molecule has 0 aliphatic carbocycles. The molecule has 0 saturated carbocycles. The number of thiazole rings is 1. The van der Waals surface area contributed by atoms with Crippen molar-refractivity contribution in [3.63, 3.8) is 0 Å². The van der Waals surface area contributed by atoms with E-state index in [4.69, 9.17) is 0 Å². The summed E-state index contributed by atoms with van der Waals surface area (Å²) >= 11 is 3.40. The van der Waals surface area contributed by atoms with Crippen LogP contribution in [-0.4, -0.2) is 29.9 Å². The highest BCUT2D eigenvalue weighted by molar-refractivity contribution is 8.01. The van der Waals surface area contributed by atoms with E-state index in [1.54, 1.807) is 28.0 Å². The van der Waals surface area contributed by atoms with Crippen LogP contribution < -0.4 is 10.2 Å². The maximum absolute atomic E-state index is 11.6. The van der Waals surface area contributed by atoms with E-state index >= 15 is 0 Å². The summed E-state index contributed by atoms with van der Waals surface area (Å²) in [4.78, 5) is 17.9. The maximum atomic E-state index is 11.6. The first-order valence-electron chi connectivity index (χ1n) is 5.38. The molecule has 1 saturated heterocycles. The van der Waals surface area contributed by atoms with Crippen LogP contribution in [0.2, 0.25) is 0 Å². The Bertz CT molecular complexity index is 391. The van der Waals surface area contributed by atoms with Crippen LogP contribution in [0, 0.1) is 6.92 Å². The Hall–Kier alpha value is -0.750. The van der Waals surface area contributed by atoms with Crippen molar-refractivity contribution in [2.75, 3.05) is 23.7 Å². The van der Waals surface area contributed by atoms with Gasteiger partial charge in [0.25, 0.3) is 0 Å². The van der Waals surface area contributed by atoms with Crippen LogP contribution in [0.25, 0.3) is 0 Å². The van der Waals surface area contributed by atoms with Gasteiger partial charge in [-0.05, 0) is 19.1 Å². The molecule has 0 atom stereocenters. The van der Waals surface area contributed by atoms with Gasteiger partial charge in [-0.15, -0.1) is 11.8 Å². The number of nitrogens with one attached hydrogen (secondary N) is 1. The number of aryl methyl sites for hydroxylation is 1. The lowest BCUT2D eigenvalue weighted by molar-refractivity contribution is 0.243. The zero-order valence-corrected chi connectivity index (χ0v) is 11.1. The van der Waals surface area contributed by atoms with Crippen LogP contribution in [0.5, 0.6) is 0 Å². The molecular formula is C10H15N3OS2. The molecule has 0 aromatic carbocycles. The molecule has 88 valence electrons. The second-order valence-electron chi connectivity index (χ2n) is 3.54. The van der Waals surface area contributed by atoms with E-state index in [0.717, 1.165) is 36.1 Å². The number of amides is 2. The van der Waals surface area contributed by atoms with Gasteiger partial charge in [-0.25, -0.2) is 9.78 Å². The van der Waals surface area contributed by atoms with E-state index < -0.39 is 0 Å². The average Bonchev–Trinajstić information content (AvgIpc) is 2.61. The van der Waals surface area contributed by atoms with E-state index in [1.165, 1.54) is 4.21 Å². The molecule has 1 fully saturated rings. The Morgan fingerprint density at radius 2 is 2.44 bits per heavy atom. The lowest BCUT2D eigenvalue weighted by atomic mass is 10.3. The number of urea groups is 1. The van der Waals surface area contributed by atoms with E-state index in [1.807, 2.05) is 6.92 Å². The second kappa shape index (κ2) is 5.05. The zero-order valence-electron chi connectivity index (χ0n) is 9.45. The Kier molecular flexibility index (Phi) is 3.70. The fourth-order valence-corrected chi connectivity index (χ4v) is 3.72. The molecule has 0 bridgehead atoms. The average molecular weight is 257 g/mol. The number of anilines is 1. The number of hydrogen-bond acceptors (Lipinski definition) is 4. The first-order chi connectivity index (χ1) is 7.72. The summed E-state index contributed by atoms with van der Waals surface area (Å²) in [5, 5.41) is 3.66. The molecule has 16 heavy (non-hydrogen) atoms. The molecule has 2 heterocycles. The molecular weight excluding hydrogens is 242 g/mol. The SMILES string of the molecule is CCSc1sc(N2CCCNC2=O)nc1C. The van der Waals surface area contributed by atoms with Crippen LogP contribution in [0.1, 0.15) is 19.0 Å². The van der Waals surface area contributed by atoms with Gasteiger partial charge in [-0.3, -0.25) is 4.90 Å². The number of hydrogen-bond donors (Lipinski definition) is 1. The molecule has 1 aromatic heterocycles. The molecule has 1 aromatic rings. The summed E-state index contributed by atoms with van der Waals surface area (Å²) in [6, 6.07) is -0.0203. The van der Waals surface area contributed by atoms with Crippen LogP contribution in [0.3, 0.4) is 0 Å². The third-order valence-electron chi connectivity index (χ3n) is 2.33. The molecule has 0 spiro atoms. The normalized spacial score (nSPS) is 16.4. The van der Waals surface area contributed by atoms with Gasteiger partial charge in [0, 0.05) is 13.1 Å². The van der Waals surface area contributed by atoms with E-state index in [9.17, 15) is 4.79 Å². The molecule has 1 aliphatic rings. The number of aromatic nitrogens is 1. The van der Waals surface area contributed by atoms with Gasteiger partial charge in [-0.1, -0.05) is 18.3 Å². The van der Waals surface area contributed by atoms with Gasteiger partial charge >= 0.3 is 6.03 Å². The van der Waals surface area contributed by atoms with Crippen molar-refractivity contribution in [1.82, 2.24) is 10.3 Å². The summed E-state index contributed by atoms with van der Waals surface area (Å²) in [5.41, 5.74) is 1.03. The number of nitrogens with zero attached hydrogens (tertiary/aromatic N) is 2. The quantitative estimate of drug-likeness (QED) is 0.846. The topological polar surface area (TPSA) is 45.2 Å². The highest BCUT2D eigenvalue weighted by Gasteiger charge is 2.22. The Balaban J connectivity index is 2.19. The lowest BCUT2D eigenvalue weighted by Crippen LogP contribution is -2.46. The largest absolute Gasteiger partial charge is 0.338 e. The molecule has 0 unspecified atom stereocenters.